The van der Waals surface area contributed by atoms with Crippen molar-refractivity contribution in [1.29, 1.82) is 0 Å². The van der Waals surface area contributed by atoms with Crippen LogP contribution in [0.1, 0.15) is 36.0 Å². The molecule has 0 unspecified atom stereocenters. The van der Waals surface area contributed by atoms with E-state index in [1.807, 2.05) is 0 Å². The van der Waals surface area contributed by atoms with E-state index in [1.54, 1.807) is 13.8 Å². The monoisotopic (exact) mass is 388 g/mol. The van der Waals surface area contributed by atoms with Crippen molar-refractivity contribution in [1.82, 2.24) is 30.1 Å². The summed E-state index contributed by atoms with van der Waals surface area (Å²) in [6, 6.07) is -0.511. The summed E-state index contributed by atoms with van der Waals surface area (Å²) in [5.41, 5.74) is -1.12. The van der Waals surface area contributed by atoms with Crippen LogP contribution in [0.5, 0.6) is 0 Å². The van der Waals surface area contributed by atoms with Crippen molar-refractivity contribution >= 4 is 6.03 Å². The topological polar surface area (TPSA) is 98.3 Å². The van der Waals surface area contributed by atoms with Gasteiger partial charge in [0.2, 0.25) is 0 Å². The molecule has 9 nitrogen and oxygen atoms in total. The number of alkyl halides is 3. The minimum Gasteiger partial charge on any atom is -0.362 e. The molecule has 0 aliphatic carbocycles. The van der Waals surface area contributed by atoms with Crippen molar-refractivity contribution in [3.05, 3.63) is 29.2 Å². The molecular formula is C15H19F3N6O3. The smallest absolute Gasteiger partial charge is 0.362 e. The first-order chi connectivity index (χ1) is 12.6. The van der Waals surface area contributed by atoms with E-state index >= 15 is 0 Å². The van der Waals surface area contributed by atoms with Gasteiger partial charge in [-0.05, 0) is 13.8 Å². The summed E-state index contributed by atoms with van der Waals surface area (Å²) in [5.74, 6) is 0.697. The van der Waals surface area contributed by atoms with E-state index < -0.39 is 24.0 Å². The van der Waals surface area contributed by atoms with Gasteiger partial charge in [-0.15, -0.1) is 0 Å². The molecule has 3 rings (SSSR count). The van der Waals surface area contributed by atoms with E-state index in [2.05, 4.69) is 20.6 Å². The number of aryl methyl sites for hydroxylation is 2. The molecule has 1 aliphatic heterocycles. The van der Waals surface area contributed by atoms with Gasteiger partial charge in [0.05, 0.1) is 12.6 Å². The maximum atomic E-state index is 13.0. The van der Waals surface area contributed by atoms with Crippen LogP contribution in [0.2, 0.25) is 0 Å². The number of halogens is 3. The largest absolute Gasteiger partial charge is 0.435 e. The van der Waals surface area contributed by atoms with E-state index in [-0.39, 0.29) is 37.2 Å². The number of nitrogens with zero attached hydrogens (tertiary/aromatic N) is 5. The van der Waals surface area contributed by atoms with Crippen molar-refractivity contribution in [2.24, 2.45) is 7.05 Å². The van der Waals surface area contributed by atoms with Crippen LogP contribution >= 0.6 is 0 Å². The minimum absolute atomic E-state index is 0.108. The average molecular weight is 388 g/mol. The van der Waals surface area contributed by atoms with Gasteiger partial charge in [-0.1, -0.05) is 5.16 Å². The third kappa shape index (κ3) is 4.38. The Kier molecular flexibility index (Phi) is 5.09. The Hall–Kier alpha value is -2.63. The molecule has 1 N–H and O–H groups in total. The second-order valence-electron chi connectivity index (χ2n) is 6.35. The zero-order valence-electron chi connectivity index (χ0n) is 14.9. The third-order valence-electron chi connectivity index (χ3n) is 3.97. The highest BCUT2D eigenvalue weighted by molar-refractivity contribution is 5.74. The van der Waals surface area contributed by atoms with E-state index in [1.165, 1.54) is 18.1 Å². The molecule has 3 heterocycles. The molecule has 0 radical (unpaired) electrons. The number of nitrogens with one attached hydrogen (secondary N) is 1. The number of carbonyl (C=O) groups is 1. The fourth-order valence-electron chi connectivity index (χ4n) is 2.89. The first-order valence-corrected chi connectivity index (χ1v) is 8.21. The van der Waals surface area contributed by atoms with Gasteiger partial charge in [0.15, 0.2) is 17.6 Å². The Morgan fingerprint density at radius 3 is 2.78 bits per heavy atom. The molecule has 2 aromatic heterocycles. The zero-order chi connectivity index (χ0) is 19.8. The van der Waals surface area contributed by atoms with Crippen molar-refractivity contribution in [2.45, 2.75) is 38.8 Å². The molecule has 2 aromatic rings. The first-order valence-electron chi connectivity index (χ1n) is 8.21. The van der Waals surface area contributed by atoms with Crippen LogP contribution in [0.25, 0.3) is 0 Å². The number of aromatic nitrogens is 4. The average Bonchev–Trinajstić information content (AvgIpc) is 3.17. The highest BCUT2D eigenvalue weighted by Gasteiger charge is 2.37. The van der Waals surface area contributed by atoms with Crippen molar-refractivity contribution in [2.75, 3.05) is 13.1 Å². The van der Waals surface area contributed by atoms with Gasteiger partial charge in [0.25, 0.3) is 5.89 Å². The number of carbonyl (C=O) groups excluding carboxylic acids is 1. The second kappa shape index (κ2) is 7.18. The standard InChI is InChI=1S/C15H19F3N6O3/c1-8-5-24(7-11(26-8)13-20-9(2)22-27-13)14(25)19-4-10-6-23(3)21-12(10)15(16,17)18/h6,8,11H,4-5,7H2,1-3H3,(H,19,25)/t8-,11-/m1/s1. The van der Waals surface area contributed by atoms with E-state index in [9.17, 15) is 18.0 Å². The fraction of sp³-hybridized carbons (Fsp3) is 0.600. The highest BCUT2D eigenvalue weighted by Crippen LogP contribution is 2.30. The van der Waals surface area contributed by atoms with Crippen LogP contribution in [-0.2, 0) is 24.5 Å². The molecule has 2 atom stereocenters. The highest BCUT2D eigenvalue weighted by atomic mass is 19.4. The van der Waals surface area contributed by atoms with Gasteiger partial charge in [-0.3, -0.25) is 4.68 Å². The number of rotatable bonds is 3. The Morgan fingerprint density at radius 1 is 1.41 bits per heavy atom. The molecule has 0 spiro atoms. The van der Waals surface area contributed by atoms with E-state index in [0.717, 1.165) is 4.68 Å². The molecule has 1 fully saturated rings. The lowest BCUT2D eigenvalue weighted by Crippen LogP contribution is -2.49. The van der Waals surface area contributed by atoms with Crippen LogP contribution < -0.4 is 5.32 Å². The SMILES string of the molecule is Cc1noc([C@H]2CN(C(=O)NCc3cn(C)nc3C(F)(F)F)C[C@@H](C)O2)n1. The molecule has 1 saturated heterocycles. The molecule has 27 heavy (non-hydrogen) atoms. The fourth-order valence-corrected chi connectivity index (χ4v) is 2.89. The van der Waals surface area contributed by atoms with Gasteiger partial charge in [-0.2, -0.15) is 23.3 Å². The van der Waals surface area contributed by atoms with E-state index in [4.69, 9.17) is 9.26 Å². The normalized spacial score (nSPS) is 20.7. The van der Waals surface area contributed by atoms with Crippen LogP contribution in [0.4, 0.5) is 18.0 Å². The Balaban J connectivity index is 1.66. The van der Waals surface area contributed by atoms with Gasteiger partial charge in [0, 0.05) is 31.9 Å². The molecule has 1 aliphatic rings. The third-order valence-corrected chi connectivity index (χ3v) is 3.97. The molecule has 0 aromatic carbocycles. The molecule has 0 saturated carbocycles. The van der Waals surface area contributed by atoms with Crippen LogP contribution in [0, 0.1) is 6.92 Å². The number of urea groups is 1. The summed E-state index contributed by atoms with van der Waals surface area (Å²) >= 11 is 0. The number of hydrogen-bond donors (Lipinski definition) is 1. The number of amides is 2. The first kappa shape index (κ1) is 19.1. The molecule has 148 valence electrons. The summed E-state index contributed by atoms with van der Waals surface area (Å²) in [5, 5.41) is 9.62. The Bertz CT molecular complexity index is 818. The van der Waals surface area contributed by atoms with Crippen molar-refractivity contribution in [3.8, 4) is 0 Å². The van der Waals surface area contributed by atoms with Gasteiger partial charge in [0.1, 0.15) is 0 Å². The molecule has 2 amide bonds. The lowest BCUT2D eigenvalue weighted by Gasteiger charge is -2.35. The molecule has 12 heteroatoms. The molecule has 0 bridgehead atoms. The Morgan fingerprint density at radius 2 is 2.15 bits per heavy atom. The van der Waals surface area contributed by atoms with Crippen molar-refractivity contribution in [3.63, 3.8) is 0 Å². The predicted molar refractivity (Wildman–Crippen MR) is 84.3 cm³/mol. The Labute approximate surface area is 152 Å². The lowest BCUT2D eigenvalue weighted by molar-refractivity contribution is -0.142. The summed E-state index contributed by atoms with van der Waals surface area (Å²) in [4.78, 5) is 18.0. The van der Waals surface area contributed by atoms with Crippen LogP contribution in [-0.4, -0.2) is 50.0 Å². The summed E-state index contributed by atoms with van der Waals surface area (Å²) in [7, 11) is 1.39. The lowest BCUT2D eigenvalue weighted by atomic mass is 10.2. The molecular weight excluding hydrogens is 369 g/mol. The second-order valence-corrected chi connectivity index (χ2v) is 6.35. The number of hydrogen-bond acceptors (Lipinski definition) is 6. The number of ether oxygens (including phenoxy) is 1. The summed E-state index contributed by atoms with van der Waals surface area (Å²) in [6.45, 7) is 3.58. The number of morpholine rings is 1. The van der Waals surface area contributed by atoms with Crippen LogP contribution in [0.3, 0.4) is 0 Å². The van der Waals surface area contributed by atoms with Gasteiger partial charge < -0.3 is 19.5 Å². The van der Waals surface area contributed by atoms with Gasteiger partial charge >= 0.3 is 12.2 Å². The predicted octanol–water partition coefficient (Wildman–Crippen LogP) is 1.80. The maximum Gasteiger partial charge on any atom is 0.435 e. The van der Waals surface area contributed by atoms with E-state index in [0.29, 0.717) is 5.82 Å². The summed E-state index contributed by atoms with van der Waals surface area (Å²) < 4.78 is 50.8. The zero-order valence-corrected chi connectivity index (χ0v) is 14.9. The maximum absolute atomic E-state index is 13.0. The summed E-state index contributed by atoms with van der Waals surface area (Å²) in [6.07, 6.45) is -4.25. The van der Waals surface area contributed by atoms with Crippen molar-refractivity contribution < 1.29 is 27.2 Å². The quantitative estimate of drug-likeness (QED) is 0.861. The minimum atomic E-state index is -4.59. The van der Waals surface area contributed by atoms with Crippen LogP contribution in [0.15, 0.2) is 10.7 Å². The van der Waals surface area contributed by atoms with Gasteiger partial charge in [-0.25, -0.2) is 4.79 Å².